The molecule has 2 aromatic rings. The Balaban J connectivity index is 1.73. The Kier molecular flexibility index (Phi) is 3.46. The maximum absolute atomic E-state index is 11.6. The first-order valence-corrected chi connectivity index (χ1v) is 6.56. The topological polar surface area (TPSA) is 64.2 Å². The number of fused-ring (bicyclic) bond motifs is 1. The first-order chi connectivity index (χ1) is 9.34. The van der Waals surface area contributed by atoms with Crippen LogP contribution in [-0.4, -0.2) is 23.1 Å². The molecular weight excluding hydrogens is 244 g/mol. The number of hydrogen-bond donors (Lipinski definition) is 1. The summed E-state index contributed by atoms with van der Waals surface area (Å²) in [6.07, 6.45) is 4.95. The predicted octanol–water partition coefficient (Wildman–Crippen LogP) is 2.22. The van der Waals surface area contributed by atoms with Gasteiger partial charge in [-0.25, -0.2) is 5.10 Å². The van der Waals surface area contributed by atoms with Crippen LogP contribution in [0.1, 0.15) is 25.7 Å². The summed E-state index contributed by atoms with van der Waals surface area (Å²) in [6.45, 7) is 0.174. The van der Waals surface area contributed by atoms with E-state index < -0.39 is 0 Å². The van der Waals surface area contributed by atoms with E-state index in [0.29, 0.717) is 22.8 Å². The number of aromatic nitrogens is 2. The molecule has 1 heterocycles. The van der Waals surface area contributed by atoms with Gasteiger partial charge in [0.05, 0.1) is 16.9 Å². The molecule has 3 rings (SSSR count). The second kappa shape index (κ2) is 5.40. The zero-order valence-electron chi connectivity index (χ0n) is 10.6. The standard InChI is InChI=1S/C14H16N2O3/c17-13-11-7-3-4-8-12(11)14(16-15-13)19-9-18-10-5-1-2-6-10/h3-4,7-8,10H,1-2,5-6,9H2,(H,15,17). The molecule has 19 heavy (non-hydrogen) atoms. The minimum absolute atomic E-state index is 0.174. The highest BCUT2D eigenvalue weighted by Gasteiger charge is 2.15. The lowest BCUT2D eigenvalue weighted by molar-refractivity contribution is -0.0340. The molecule has 5 heteroatoms. The van der Waals surface area contributed by atoms with Gasteiger partial charge >= 0.3 is 0 Å². The van der Waals surface area contributed by atoms with E-state index in [4.69, 9.17) is 9.47 Å². The molecule has 1 aliphatic carbocycles. The number of nitrogens with one attached hydrogen (secondary N) is 1. The van der Waals surface area contributed by atoms with E-state index in [2.05, 4.69) is 10.2 Å². The van der Waals surface area contributed by atoms with Crippen molar-refractivity contribution in [2.24, 2.45) is 0 Å². The zero-order chi connectivity index (χ0) is 13.1. The molecule has 0 aliphatic heterocycles. The van der Waals surface area contributed by atoms with Crippen LogP contribution < -0.4 is 10.3 Å². The number of aromatic amines is 1. The predicted molar refractivity (Wildman–Crippen MR) is 71.2 cm³/mol. The lowest BCUT2D eigenvalue weighted by Gasteiger charge is -2.12. The average molecular weight is 260 g/mol. The summed E-state index contributed by atoms with van der Waals surface area (Å²) in [7, 11) is 0. The number of rotatable bonds is 4. The Morgan fingerprint density at radius 1 is 1.21 bits per heavy atom. The van der Waals surface area contributed by atoms with E-state index in [0.717, 1.165) is 12.8 Å². The fourth-order valence-electron chi connectivity index (χ4n) is 2.44. The van der Waals surface area contributed by atoms with Gasteiger partial charge in [-0.1, -0.05) is 25.0 Å². The van der Waals surface area contributed by atoms with Crippen molar-refractivity contribution < 1.29 is 9.47 Å². The molecular formula is C14H16N2O3. The van der Waals surface area contributed by atoms with Gasteiger partial charge in [-0.3, -0.25) is 4.79 Å². The van der Waals surface area contributed by atoms with Gasteiger partial charge in [0.15, 0.2) is 6.79 Å². The monoisotopic (exact) mass is 260 g/mol. The van der Waals surface area contributed by atoms with Crippen LogP contribution in [-0.2, 0) is 4.74 Å². The Labute approximate surface area is 110 Å². The molecule has 0 radical (unpaired) electrons. The van der Waals surface area contributed by atoms with Crippen LogP contribution in [0.5, 0.6) is 5.88 Å². The quantitative estimate of drug-likeness (QED) is 0.856. The second-order valence-corrected chi connectivity index (χ2v) is 4.74. The van der Waals surface area contributed by atoms with Gasteiger partial charge in [-0.05, 0) is 25.0 Å². The van der Waals surface area contributed by atoms with E-state index in [1.807, 2.05) is 18.2 Å². The Morgan fingerprint density at radius 2 is 1.95 bits per heavy atom. The summed E-state index contributed by atoms with van der Waals surface area (Å²) in [5.74, 6) is 0.410. The summed E-state index contributed by atoms with van der Waals surface area (Å²) in [5.41, 5.74) is -0.209. The van der Waals surface area contributed by atoms with Crippen molar-refractivity contribution in [2.75, 3.05) is 6.79 Å². The maximum Gasteiger partial charge on any atom is 0.272 e. The maximum atomic E-state index is 11.6. The van der Waals surface area contributed by atoms with Crippen LogP contribution in [0.2, 0.25) is 0 Å². The van der Waals surface area contributed by atoms with Crippen LogP contribution in [0.25, 0.3) is 10.8 Å². The van der Waals surface area contributed by atoms with Crippen LogP contribution in [0, 0.1) is 0 Å². The normalized spacial score (nSPS) is 16.0. The Bertz CT molecular complexity index is 617. The van der Waals surface area contributed by atoms with E-state index in [-0.39, 0.29) is 12.4 Å². The smallest absolute Gasteiger partial charge is 0.272 e. The number of ether oxygens (including phenoxy) is 2. The number of nitrogens with zero attached hydrogens (tertiary/aromatic N) is 1. The second-order valence-electron chi connectivity index (χ2n) is 4.74. The third kappa shape index (κ3) is 2.61. The molecule has 100 valence electrons. The third-order valence-corrected chi connectivity index (χ3v) is 3.46. The lowest BCUT2D eigenvalue weighted by Crippen LogP contribution is -2.15. The van der Waals surface area contributed by atoms with Crippen molar-refractivity contribution in [1.82, 2.24) is 10.2 Å². The number of H-pyrrole nitrogens is 1. The fraction of sp³-hybridized carbons (Fsp3) is 0.429. The molecule has 1 saturated carbocycles. The fourth-order valence-corrected chi connectivity index (χ4v) is 2.44. The van der Waals surface area contributed by atoms with Gasteiger partial charge < -0.3 is 9.47 Å². The van der Waals surface area contributed by atoms with Crippen molar-refractivity contribution in [3.8, 4) is 5.88 Å². The Morgan fingerprint density at radius 3 is 2.74 bits per heavy atom. The van der Waals surface area contributed by atoms with Crippen molar-refractivity contribution in [3.05, 3.63) is 34.6 Å². The van der Waals surface area contributed by atoms with Crippen molar-refractivity contribution in [3.63, 3.8) is 0 Å². The SMILES string of the molecule is O=c1[nH]nc(OCOC2CCCC2)c2ccccc12. The van der Waals surface area contributed by atoms with E-state index >= 15 is 0 Å². The molecule has 1 fully saturated rings. The summed E-state index contributed by atoms with van der Waals surface area (Å²) in [4.78, 5) is 11.6. The summed E-state index contributed by atoms with van der Waals surface area (Å²) in [6, 6.07) is 7.24. The van der Waals surface area contributed by atoms with Gasteiger partial charge in [0.1, 0.15) is 0 Å². The molecule has 1 aromatic heterocycles. The van der Waals surface area contributed by atoms with E-state index in [9.17, 15) is 4.79 Å². The molecule has 5 nitrogen and oxygen atoms in total. The molecule has 1 N–H and O–H groups in total. The molecule has 0 unspecified atom stereocenters. The van der Waals surface area contributed by atoms with Crippen molar-refractivity contribution in [2.45, 2.75) is 31.8 Å². The highest BCUT2D eigenvalue weighted by Crippen LogP contribution is 2.22. The van der Waals surface area contributed by atoms with Crippen LogP contribution >= 0.6 is 0 Å². The van der Waals surface area contributed by atoms with Crippen LogP contribution in [0.4, 0.5) is 0 Å². The number of hydrogen-bond acceptors (Lipinski definition) is 4. The Hall–Kier alpha value is -1.88. The average Bonchev–Trinajstić information content (AvgIpc) is 2.95. The lowest BCUT2D eigenvalue weighted by atomic mass is 10.2. The molecule has 0 bridgehead atoms. The summed E-state index contributed by atoms with van der Waals surface area (Å²) >= 11 is 0. The van der Waals surface area contributed by atoms with Gasteiger partial charge in [-0.15, -0.1) is 5.10 Å². The third-order valence-electron chi connectivity index (χ3n) is 3.46. The molecule has 1 aliphatic rings. The first-order valence-electron chi connectivity index (χ1n) is 6.56. The van der Waals surface area contributed by atoms with Crippen molar-refractivity contribution in [1.29, 1.82) is 0 Å². The largest absolute Gasteiger partial charge is 0.449 e. The van der Waals surface area contributed by atoms with Gasteiger partial charge in [-0.2, -0.15) is 0 Å². The molecule has 0 spiro atoms. The van der Waals surface area contributed by atoms with Crippen LogP contribution in [0.15, 0.2) is 29.1 Å². The van der Waals surface area contributed by atoms with Gasteiger partial charge in [0.2, 0.25) is 5.88 Å². The summed E-state index contributed by atoms with van der Waals surface area (Å²) < 4.78 is 11.2. The van der Waals surface area contributed by atoms with E-state index in [1.54, 1.807) is 6.07 Å². The molecule has 1 aromatic carbocycles. The molecule has 0 saturated heterocycles. The van der Waals surface area contributed by atoms with E-state index in [1.165, 1.54) is 12.8 Å². The highest BCUT2D eigenvalue weighted by atomic mass is 16.7. The minimum Gasteiger partial charge on any atom is -0.449 e. The van der Waals surface area contributed by atoms with Crippen LogP contribution in [0.3, 0.4) is 0 Å². The van der Waals surface area contributed by atoms with Gasteiger partial charge in [0.25, 0.3) is 5.56 Å². The zero-order valence-corrected chi connectivity index (χ0v) is 10.6. The summed E-state index contributed by atoms with van der Waals surface area (Å²) in [5, 5.41) is 7.65. The molecule has 0 amide bonds. The molecule has 0 atom stereocenters. The number of benzene rings is 1. The highest BCUT2D eigenvalue weighted by molar-refractivity contribution is 5.85. The van der Waals surface area contributed by atoms with Crippen molar-refractivity contribution >= 4 is 10.8 Å². The minimum atomic E-state index is -0.209. The first kappa shape index (κ1) is 12.2. The van der Waals surface area contributed by atoms with Gasteiger partial charge in [0, 0.05) is 0 Å².